The quantitative estimate of drug-likeness (QED) is 0.280. The first-order valence-electron chi connectivity index (χ1n) is 11.5. The van der Waals surface area contributed by atoms with E-state index in [0.717, 1.165) is 17.9 Å². The molecule has 0 N–H and O–H groups in total. The third-order valence-corrected chi connectivity index (χ3v) is 6.72. The summed E-state index contributed by atoms with van der Waals surface area (Å²) in [5.74, 6) is 3.02. The summed E-state index contributed by atoms with van der Waals surface area (Å²) < 4.78 is 9.12. The molecular weight excluding hydrogens is 378 g/mol. The van der Waals surface area contributed by atoms with Gasteiger partial charge in [0.25, 0.3) is 0 Å². The van der Waals surface area contributed by atoms with Gasteiger partial charge in [-0.15, -0.1) is 0 Å². The molecule has 158 valence electrons. The fourth-order valence-electron chi connectivity index (χ4n) is 5.44. The van der Waals surface area contributed by atoms with Crippen molar-refractivity contribution in [2.24, 2.45) is 13.0 Å². The van der Waals surface area contributed by atoms with Crippen molar-refractivity contribution >= 4 is 21.5 Å². The molecule has 0 amide bonds. The van der Waals surface area contributed by atoms with Crippen LogP contribution in [0.1, 0.15) is 55.9 Å². The molecule has 0 saturated carbocycles. The molecule has 1 aromatic heterocycles. The summed E-state index contributed by atoms with van der Waals surface area (Å²) in [4.78, 5) is 0. The van der Waals surface area contributed by atoms with Crippen LogP contribution in [-0.2, 0) is 13.5 Å². The van der Waals surface area contributed by atoms with E-state index >= 15 is 0 Å². The fraction of sp³-hybridized carbons (Fsp3) is 0.345. The smallest absolute Gasteiger partial charge is 0.228 e. The van der Waals surface area contributed by atoms with Gasteiger partial charge in [-0.3, -0.25) is 0 Å². The third kappa shape index (κ3) is 2.96. The van der Waals surface area contributed by atoms with Gasteiger partial charge in [-0.05, 0) is 71.0 Å². The zero-order chi connectivity index (χ0) is 22.0. The third-order valence-electron chi connectivity index (χ3n) is 6.72. The second-order valence-electron chi connectivity index (χ2n) is 9.93. The van der Waals surface area contributed by atoms with Gasteiger partial charge in [0.15, 0.2) is 6.20 Å². The Bertz CT molecular complexity index is 1360. The maximum Gasteiger partial charge on any atom is 0.228 e. The minimum absolute atomic E-state index is 0.364. The van der Waals surface area contributed by atoms with Gasteiger partial charge >= 0.3 is 0 Å². The van der Waals surface area contributed by atoms with E-state index in [4.69, 9.17) is 4.74 Å². The average Bonchev–Trinajstić information content (AvgIpc) is 2.70. The number of fused-ring (bicyclic) bond motifs is 3. The number of benzene rings is 3. The number of hydrogen-bond donors (Lipinski definition) is 0. The van der Waals surface area contributed by atoms with Crippen LogP contribution in [0, 0.1) is 19.8 Å². The van der Waals surface area contributed by atoms with E-state index in [9.17, 15) is 0 Å². The first-order valence-corrected chi connectivity index (χ1v) is 11.5. The van der Waals surface area contributed by atoms with Crippen LogP contribution in [0.2, 0.25) is 0 Å². The largest absolute Gasteiger partial charge is 0.455 e. The lowest BCUT2D eigenvalue weighted by atomic mass is 9.83. The molecule has 1 aliphatic rings. The van der Waals surface area contributed by atoms with Crippen molar-refractivity contribution in [1.29, 1.82) is 0 Å². The van der Waals surface area contributed by atoms with Crippen LogP contribution < -0.4 is 9.30 Å². The van der Waals surface area contributed by atoms with E-state index in [-0.39, 0.29) is 0 Å². The molecular formula is C29H32NO+. The molecule has 3 aromatic carbocycles. The predicted octanol–water partition coefficient (Wildman–Crippen LogP) is 7.53. The summed E-state index contributed by atoms with van der Waals surface area (Å²) in [7, 11) is 2.16. The second kappa shape index (κ2) is 7.09. The van der Waals surface area contributed by atoms with Gasteiger partial charge in [0.2, 0.25) is 5.69 Å². The van der Waals surface area contributed by atoms with E-state index in [1.54, 1.807) is 0 Å². The molecule has 2 heteroatoms. The van der Waals surface area contributed by atoms with E-state index in [1.807, 2.05) is 0 Å². The van der Waals surface area contributed by atoms with Crippen molar-refractivity contribution in [3.8, 4) is 22.8 Å². The van der Waals surface area contributed by atoms with Crippen molar-refractivity contribution in [3.05, 3.63) is 64.8 Å². The van der Waals surface area contributed by atoms with Crippen molar-refractivity contribution < 1.29 is 9.30 Å². The van der Waals surface area contributed by atoms with Gasteiger partial charge in [-0.25, -0.2) is 4.57 Å². The highest BCUT2D eigenvalue weighted by molar-refractivity contribution is 6.07. The maximum atomic E-state index is 6.85. The Kier molecular flexibility index (Phi) is 4.58. The standard InChI is InChI=1S/C29H32NO/c1-16(2)13-20-14-21-11-12-30(7)28-26-19(6)22-10-8-9-18(5)25(22)24(17(3)4)29(26)31-23(15-20)27(21)28/h8-12,14-17H,13H2,1-7H3/q+1. The van der Waals surface area contributed by atoms with Crippen LogP contribution in [-0.4, -0.2) is 0 Å². The first-order chi connectivity index (χ1) is 14.8. The van der Waals surface area contributed by atoms with Crippen LogP contribution in [0.3, 0.4) is 0 Å². The molecule has 2 nitrogen and oxygen atoms in total. The number of hydrogen-bond acceptors (Lipinski definition) is 1. The van der Waals surface area contributed by atoms with E-state index in [1.165, 1.54) is 55.1 Å². The normalized spacial score (nSPS) is 12.7. The number of aryl methyl sites for hydroxylation is 3. The van der Waals surface area contributed by atoms with Gasteiger partial charge in [0.05, 0.1) is 10.9 Å². The molecule has 0 saturated heterocycles. The highest BCUT2D eigenvalue weighted by Gasteiger charge is 2.33. The number of aromatic nitrogens is 1. The Morgan fingerprint density at radius 3 is 2.45 bits per heavy atom. The molecule has 0 bridgehead atoms. The lowest BCUT2D eigenvalue weighted by molar-refractivity contribution is -0.659. The Morgan fingerprint density at radius 1 is 0.968 bits per heavy atom. The van der Waals surface area contributed by atoms with Gasteiger partial charge in [0, 0.05) is 11.6 Å². The van der Waals surface area contributed by atoms with Gasteiger partial charge in [-0.1, -0.05) is 52.0 Å². The van der Waals surface area contributed by atoms with E-state index < -0.39 is 0 Å². The van der Waals surface area contributed by atoms with Gasteiger partial charge in [-0.2, -0.15) is 0 Å². The second-order valence-corrected chi connectivity index (χ2v) is 9.93. The zero-order valence-corrected chi connectivity index (χ0v) is 19.8. The van der Waals surface area contributed by atoms with Gasteiger partial charge < -0.3 is 4.74 Å². The number of rotatable bonds is 3. The van der Waals surface area contributed by atoms with E-state index in [0.29, 0.717) is 11.8 Å². The molecule has 0 fully saturated rings. The van der Waals surface area contributed by atoms with Crippen LogP contribution >= 0.6 is 0 Å². The minimum atomic E-state index is 0.364. The molecule has 31 heavy (non-hydrogen) atoms. The summed E-state index contributed by atoms with van der Waals surface area (Å²) >= 11 is 0. The Labute approximate surface area is 185 Å². The lowest BCUT2D eigenvalue weighted by Gasteiger charge is -2.27. The molecule has 0 unspecified atom stereocenters. The number of ether oxygens (including phenoxy) is 1. The predicted molar refractivity (Wildman–Crippen MR) is 130 cm³/mol. The van der Waals surface area contributed by atoms with E-state index in [2.05, 4.69) is 95.8 Å². The summed E-state index contributed by atoms with van der Waals surface area (Å²) in [6.07, 6.45) is 3.26. The summed E-state index contributed by atoms with van der Waals surface area (Å²) in [5, 5.41) is 5.19. The van der Waals surface area contributed by atoms with Crippen molar-refractivity contribution in [1.82, 2.24) is 0 Å². The molecule has 0 radical (unpaired) electrons. The number of nitrogens with zero attached hydrogens (tertiary/aromatic N) is 1. The first kappa shape index (κ1) is 20.1. The Morgan fingerprint density at radius 2 is 1.74 bits per heavy atom. The highest BCUT2D eigenvalue weighted by atomic mass is 16.5. The molecule has 4 aromatic rings. The maximum absolute atomic E-state index is 6.85. The molecule has 2 heterocycles. The molecule has 1 aliphatic heterocycles. The molecule has 5 rings (SSSR count). The summed E-state index contributed by atoms with van der Waals surface area (Å²) in [5.41, 5.74) is 7.81. The lowest BCUT2D eigenvalue weighted by Crippen LogP contribution is -2.32. The Hall–Kier alpha value is -2.87. The minimum Gasteiger partial charge on any atom is -0.455 e. The Balaban J connectivity index is 1.95. The summed E-state index contributed by atoms with van der Waals surface area (Å²) in [6, 6.07) is 13.5. The van der Waals surface area contributed by atoms with Crippen LogP contribution in [0.4, 0.5) is 0 Å². The SMILES string of the molecule is Cc1c2c(c(C(C)C)c3c(C)cccc13)Oc1cc(CC(C)C)cc3cc[n+](C)c-2c13. The van der Waals surface area contributed by atoms with Crippen molar-refractivity contribution in [3.63, 3.8) is 0 Å². The average molecular weight is 411 g/mol. The molecule has 0 atom stereocenters. The van der Waals surface area contributed by atoms with Crippen LogP contribution in [0.5, 0.6) is 11.5 Å². The fourth-order valence-corrected chi connectivity index (χ4v) is 5.44. The number of pyridine rings is 1. The van der Waals surface area contributed by atoms with Crippen molar-refractivity contribution in [2.45, 2.75) is 53.9 Å². The van der Waals surface area contributed by atoms with Gasteiger partial charge in [0.1, 0.15) is 18.5 Å². The highest BCUT2D eigenvalue weighted by Crippen LogP contribution is 2.52. The zero-order valence-electron chi connectivity index (χ0n) is 19.8. The molecule has 0 aliphatic carbocycles. The summed E-state index contributed by atoms with van der Waals surface area (Å²) in [6.45, 7) is 13.6. The molecule has 0 spiro atoms. The van der Waals surface area contributed by atoms with Crippen LogP contribution in [0.15, 0.2) is 42.6 Å². The van der Waals surface area contributed by atoms with Crippen molar-refractivity contribution in [2.75, 3.05) is 0 Å². The topological polar surface area (TPSA) is 13.1 Å². The van der Waals surface area contributed by atoms with Crippen LogP contribution in [0.25, 0.3) is 32.8 Å². The monoisotopic (exact) mass is 410 g/mol.